The molecular formula is C20H26O5. The van der Waals surface area contributed by atoms with Crippen molar-refractivity contribution < 1.29 is 24.2 Å². The number of hydrogen-bond donors (Lipinski definition) is 1. The van der Waals surface area contributed by atoms with Gasteiger partial charge in [-0.1, -0.05) is 39.2 Å². The van der Waals surface area contributed by atoms with E-state index in [-0.39, 0.29) is 23.7 Å². The molecule has 0 radical (unpaired) electrons. The molecule has 0 amide bonds. The fourth-order valence-electron chi connectivity index (χ4n) is 4.42. The standard InChI is InChI=1S/C20H26O5/c1-9(2)6-16(22)24-15-7-10(3)13-8-14(21)11(4)17(13)19-18(15)12(5)20(23)25-19/h9,13-15,17-19,21H,3-8H2,1-2H3. The van der Waals surface area contributed by atoms with E-state index in [2.05, 4.69) is 19.7 Å². The molecule has 3 fully saturated rings. The van der Waals surface area contributed by atoms with E-state index in [9.17, 15) is 14.7 Å². The minimum absolute atomic E-state index is 0.0255. The first kappa shape index (κ1) is 17.9. The molecule has 5 nitrogen and oxygen atoms in total. The van der Waals surface area contributed by atoms with Crippen LogP contribution < -0.4 is 0 Å². The molecule has 1 N–H and O–H groups in total. The van der Waals surface area contributed by atoms with Gasteiger partial charge in [0.1, 0.15) is 12.2 Å². The molecule has 3 rings (SSSR count). The quantitative estimate of drug-likeness (QED) is 0.483. The Hall–Kier alpha value is -1.88. The minimum Gasteiger partial charge on any atom is -0.461 e. The van der Waals surface area contributed by atoms with Gasteiger partial charge in [-0.3, -0.25) is 4.79 Å². The highest BCUT2D eigenvalue weighted by atomic mass is 16.6. The van der Waals surface area contributed by atoms with Crippen molar-refractivity contribution in [3.63, 3.8) is 0 Å². The lowest BCUT2D eigenvalue weighted by molar-refractivity contribution is -0.153. The van der Waals surface area contributed by atoms with Crippen molar-refractivity contribution in [1.82, 2.24) is 0 Å². The van der Waals surface area contributed by atoms with Gasteiger partial charge >= 0.3 is 11.9 Å². The van der Waals surface area contributed by atoms with Gasteiger partial charge in [-0.25, -0.2) is 4.79 Å². The van der Waals surface area contributed by atoms with E-state index < -0.39 is 30.2 Å². The van der Waals surface area contributed by atoms with Crippen molar-refractivity contribution in [2.24, 2.45) is 23.7 Å². The molecule has 6 unspecified atom stereocenters. The van der Waals surface area contributed by atoms with Crippen LogP contribution in [0.5, 0.6) is 0 Å². The third-order valence-electron chi connectivity index (χ3n) is 5.63. The molecule has 0 aromatic rings. The topological polar surface area (TPSA) is 72.8 Å². The monoisotopic (exact) mass is 346 g/mol. The first-order valence-corrected chi connectivity index (χ1v) is 8.84. The number of carbonyl (C=O) groups excluding carboxylic acids is 2. The van der Waals surface area contributed by atoms with Crippen molar-refractivity contribution in [2.75, 3.05) is 0 Å². The largest absolute Gasteiger partial charge is 0.461 e. The van der Waals surface area contributed by atoms with Crippen LogP contribution >= 0.6 is 0 Å². The Bertz CT molecular complexity index is 646. The Morgan fingerprint density at radius 2 is 2.00 bits per heavy atom. The van der Waals surface area contributed by atoms with Crippen LogP contribution in [0.25, 0.3) is 0 Å². The van der Waals surface area contributed by atoms with Crippen LogP contribution in [0.3, 0.4) is 0 Å². The summed E-state index contributed by atoms with van der Waals surface area (Å²) in [5.74, 6) is -1.20. The zero-order chi connectivity index (χ0) is 18.5. The van der Waals surface area contributed by atoms with Crippen LogP contribution in [0.4, 0.5) is 0 Å². The fraction of sp³-hybridized carbons (Fsp3) is 0.600. The van der Waals surface area contributed by atoms with Crippen LogP contribution in [-0.2, 0) is 19.1 Å². The molecule has 136 valence electrons. The zero-order valence-corrected chi connectivity index (χ0v) is 14.9. The second-order valence-electron chi connectivity index (χ2n) is 7.87. The lowest BCUT2D eigenvalue weighted by Gasteiger charge is -2.28. The second kappa shape index (κ2) is 6.45. The van der Waals surface area contributed by atoms with E-state index in [1.54, 1.807) is 0 Å². The summed E-state index contributed by atoms with van der Waals surface area (Å²) < 4.78 is 11.3. The van der Waals surface area contributed by atoms with Crippen LogP contribution in [-0.4, -0.2) is 35.4 Å². The molecule has 1 heterocycles. The Kier molecular flexibility index (Phi) is 4.62. The SMILES string of the molecule is C=C1CC(OC(=O)CC(C)C)C2C(=C)C(=O)OC2C2C(=C)C(O)CC12. The number of carbonyl (C=O) groups is 2. The molecule has 2 saturated carbocycles. The first-order valence-electron chi connectivity index (χ1n) is 8.84. The number of rotatable bonds is 3. The molecule has 3 aliphatic rings. The highest BCUT2D eigenvalue weighted by molar-refractivity contribution is 5.91. The number of hydrogen-bond acceptors (Lipinski definition) is 5. The molecule has 1 saturated heterocycles. The molecule has 1 aliphatic heterocycles. The van der Waals surface area contributed by atoms with Gasteiger partial charge in [0.2, 0.25) is 0 Å². The van der Waals surface area contributed by atoms with Crippen molar-refractivity contribution in [1.29, 1.82) is 0 Å². The first-order chi connectivity index (χ1) is 11.7. The molecule has 0 spiro atoms. The van der Waals surface area contributed by atoms with E-state index in [1.807, 2.05) is 13.8 Å². The van der Waals surface area contributed by atoms with Crippen molar-refractivity contribution in [2.45, 2.75) is 51.4 Å². The Morgan fingerprint density at radius 3 is 2.64 bits per heavy atom. The van der Waals surface area contributed by atoms with E-state index in [0.717, 1.165) is 5.57 Å². The minimum atomic E-state index is -0.625. The van der Waals surface area contributed by atoms with Gasteiger partial charge in [0.05, 0.1) is 12.0 Å². The molecular weight excluding hydrogens is 320 g/mol. The van der Waals surface area contributed by atoms with Gasteiger partial charge in [0, 0.05) is 24.3 Å². The molecule has 5 heteroatoms. The summed E-state index contributed by atoms with van der Waals surface area (Å²) >= 11 is 0. The van der Waals surface area contributed by atoms with Crippen LogP contribution in [0, 0.1) is 23.7 Å². The predicted molar refractivity (Wildman–Crippen MR) is 92.3 cm³/mol. The summed E-state index contributed by atoms with van der Waals surface area (Å²) in [6.45, 7) is 16.0. The summed E-state index contributed by atoms with van der Waals surface area (Å²) in [6, 6.07) is 0. The summed E-state index contributed by atoms with van der Waals surface area (Å²) in [5.41, 5.74) is 1.90. The number of aliphatic hydroxyl groups excluding tert-OH is 1. The van der Waals surface area contributed by atoms with Crippen molar-refractivity contribution in [3.05, 3.63) is 36.5 Å². The normalized spacial score (nSPS) is 37.6. The smallest absolute Gasteiger partial charge is 0.334 e. The fourth-order valence-corrected chi connectivity index (χ4v) is 4.42. The van der Waals surface area contributed by atoms with Crippen molar-refractivity contribution >= 4 is 11.9 Å². The second-order valence-corrected chi connectivity index (χ2v) is 7.87. The molecule has 0 aromatic carbocycles. The van der Waals surface area contributed by atoms with Gasteiger partial charge in [-0.2, -0.15) is 0 Å². The summed E-state index contributed by atoms with van der Waals surface area (Å²) in [6.07, 6.45) is -0.367. The number of ether oxygens (including phenoxy) is 2. The van der Waals surface area contributed by atoms with Crippen LogP contribution in [0.15, 0.2) is 36.5 Å². The highest BCUT2D eigenvalue weighted by Crippen LogP contribution is 2.52. The lowest BCUT2D eigenvalue weighted by Crippen LogP contribution is -2.36. The molecule has 25 heavy (non-hydrogen) atoms. The number of esters is 2. The summed E-state index contributed by atoms with van der Waals surface area (Å²) in [7, 11) is 0. The Labute approximate surface area is 148 Å². The molecule has 0 bridgehead atoms. The Morgan fingerprint density at radius 1 is 1.32 bits per heavy atom. The average molecular weight is 346 g/mol. The van der Waals surface area contributed by atoms with E-state index in [0.29, 0.717) is 30.4 Å². The van der Waals surface area contributed by atoms with Gasteiger partial charge in [0.15, 0.2) is 0 Å². The molecule has 2 aliphatic carbocycles. The van der Waals surface area contributed by atoms with Gasteiger partial charge < -0.3 is 14.6 Å². The van der Waals surface area contributed by atoms with E-state index >= 15 is 0 Å². The lowest BCUT2D eigenvalue weighted by atomic mass is 9.81. The molecule has 0 aromatic heterocycles. The van der Waals surface area contributed by atoms with Gasteiger partial charge in [-0.15, -0.1) is 0 Å². The van der Waals surface area contributed by atoms with Crippen molar-refractivity contribution in [3.8, 4) is 0 Å². The van der Waals surface area contributed by atoms with Gasteiger partial charge in [-0.05, 0) is 23.8 Å². The maximum atomic E-state index is 12.2. The van der Waals surface area contributed by atoms with E-state index in [4.69, 9.17) is 9.47 Å². The predicted octanol–water partition coefficient (Wildman–Crippen LogP) is 2.56. The maximum absolute atomic E-state index is 12.2. The Balaban J connectivity index is 1.92. The zero-order valence-electron chi connectivity index (χ0n) is 14.9. The number of aliphatic hydroxyl groups is 1. The average Bonchev–Trinajstić information content (AvgIpc) is 2.91. The third-order valence-corrected chi connectivity index (χ3v) is 5.63. The van der Waals surface area contributed by atoms with Crippen LogP contribution in [0.1, 0.15) is 33.1 Å². The highest BCUT2D eigenvalue weighted by Gasteiger charge is 2.56. The summed E-state index contributed by atoms with van der Waals surface area (Å²) in [5, 5.41) is 10.2. The van der Waals surface area contributed by atoms with Gasteiger partial charge in [0.25, 0.3) is 0 Å². The number of fused-ring (bicyclic) bond motifs is 3. The van der Waals surface area contributed by atoms with Crippen LogP contribution in [0.2, 0.25) is 0 Å². The van der Waals surface area contributed by atoms with E-state index in [1.165, 1.54) is 0 Å². The molecule has 6 atom stereocenters. The summed E-state index contributed by atoms with van der Waals surface area (Å²) in [4.78, 5) is 24.4. The maximum Gasteiger partial charge on any atom is 0.334 e. The third kappa shape index (κ3) is 3.06.